The molecule has 1 aliphatic carbocycles. The molecule has 5 rings (SSSR count). The van der Waals surface area contributed by atoms with Crippen LogP contribution in [-0.2, 0) is 16.8 Å². The molecule has 10 heteroatoms. The zero-order valence-corrected chi connectivity index (χ0v) is 19.3. The van der Waals surface area contributed by atoms with E-state index in [1.54, 1.807) is 43.4 Å². The number of carbonyl (C=O) groups is 1. The molecule has 4 aromatic heterocycles. The molecule has 1 amide bonds. The van der Waals surface area contributed by atoms with Gasteiger partial charge < -0.3 is 15.2 Å². The largest absolute Gasteiger partial charge is 0.384 e. The van der Waals surface area contributed by atoms with Crippen LogP contribution in [0.25, 0.3) is 22.7 Å². The molecule has 4 heterocycles. The molecule has 0 bridgehead atoms. The van der Waals surface area contributed by atoms with Gasteiger partial charge in [0, 0.05) is 38.2 Å². The van der Waals surface area contributed by atoms with E-state index in [2.05, 4.69) is 33.2 Å². The maximum absolute atomic E-state index is 12.0. The van der Waals surface area contributed by atoms with Crippen LogP contribution in [0.15, 0.2) is 53.6 Å². The van der Waals surface area contributed by atoms with E-state index in [-0.39, 0.29) is 12.5 Å². The van der Waals surface area contributed by atoms with E-state index in [9.17, 15) is 4.79 Å². The van der Waals surface area contributed by atoms with Crippen molar-refractivity contribution in [2.24, 2.45) is 5.92 Å². The summed E-state index contributed by atoms with van der Waals surface area (Å²) in [5, 5.41) is 8.60. The number of anilines is 1. The Balaban J connectivity index is 1.41. The molecule has 0 aliphatic heterocycles. The van der Waals surface area contributed by atoms with Gasteiger partial charge in [-0.2, -0.15) is 10.1 Å². The van der Waals surface area contributed by atoms with E-state index in [1.807, 2.05) is 18.3 Å². The fraction of sp³-hybridized carbons (Fsp3) is 0.333. The predicted molar refractivity (Wildman–Crippen MR) is 125 cm³/mol. The Labute approximate surface area is 196 Å². The first-order valence-electron chi connectivity index (χ1n) is 11.1. The van der Waals surface area contributed by atoms with Crippen molar-refractivity contribution in [2.75, 3.05) is 19.8 Å². The van der Waals surface area contributed by atoms with Crippen LogP contribution in [0.3, 0.4) is 0 Å². The lowest BCUT2D eigenvalue weighted by atomic mass is 9.77. The number of hydrogen-bond donors (Lipinski definition) is 1. The molecule has 1 fully saturated rings. The minimum atomic E-state index is -0.427. The van der Waals surface area contributed by atoms with Gasteiger partial charge in [0.15, 0.2) is 5.82 Å². The fourth-order valence-electron chi connectivity index (χ4n) is 4.03. The highest BCUT2D eigenvalue weighted by molar-refractivity contribution is 5.75. The minimum absolute atomic E-state index is 0.0483. The van der Waals surface area contributed by atoms with Gasteiger partial charge in [-0.1, -0.05) is 11.2 Å². The number of nitrogens with two attached hydrogens (primary N) is 1. The molecular formula is C24H26N8O2. The van der Waals surface area contributed by atoms with Crippen LogP contribution < -0.4 is 5.73 Å². The number of nitrogen functional groups attached to an aromatic ring is 1. The van der Waals surface area contributed by atoms with Gasteiger partial charge in [-0.05, 0) is 49.4 Å². The second-order valence-corrected chi connectivity index (χ2v) is 9.02. The zero-order chi connectivity index (χ0) is 23.9. The van der Waals surface area contributed by atoms with Crippen LogP contribution in [0.1, 0.15) is 31.2 Å². The lowest BCUT2D eigenvalue weighted by Crippen LogP contribution is -2.28. The molecule has 4 aromatic rings. The molecule has 0 unspecified atom stereocenters. The van der Waals surface area contributed by atoms with Crippen molar-refractivity contribution >= 4 is 11.7 Å². The lowest BCUT2D eigenvalue weighted by Gasteiger charge is -2.26. The normalized spacial score (nSPS) is 15.1. The molecule has 10 nitrogen and oxygen atoms in total. The average Bonchev–Trinajstić information content (AvgIpc) is 3.39. The van der Waals surface area contributed by atoms with Gasteiger partial charge in [0.1, 0.15) is 12.4 Å². The first kappa shape index (κ1) is 21.7. The molecule has 1 atom stereocenters. The summed E-state index contributed by atoms with van der Waals surface area (Å²) >= 11 is 0. The van der Waals surface area contributed by atoms with Gasteiger partial charge in [-0.25, -0.2) is 4.98 Å². The van der Waals surface area contributed by atoms with Crippen LogP contribution in [0.2, 0.25) is 0 Å². The Hall–Kier alpha value is -4.08. The molecule has 174 valence electrons. The smallest absolute Gasteiger partial charge is 0.261 e. The SMILES string of the molecule is CN(C)C(=O)Cn1cc(-c2nc([C@@](C)(c3ccc(-c4ccc(N)nc4)nc3)C3CC3)no2)cn1. The Kier molecular flexibility index (Phi) is 5.35. The standard InChI is InChI=1S/C24H26N8O2/c1-24(17-5-6-17,18-7-8-19(26-12-18)15-4-9-20(25)27-10-15)23-29-22(34-30-23)16-11-28-32(13-16)14-21(33)31(2)3/h4,7-13,17H,5-6,14H2,1-3H3,(H2,25,27)/t24-/m1/s1. The van der Waals surface area contributed by atoms with Crippen LogP contribution in [0.5, 0.6) is 0 Å². The highest BCUT2D eigenvalue weighted by Crippen LogP contribution is 2.50. The van der Waals surface area contributed by atoms with Crippen LogP contribution in [-0.4, -0.2) is 54.8 Å². The fourth-order valence-corrected chi connectivity index (χ4v) is 4.03. The third-order valence-electron chi connectivity index (χ3n) is 6.41. The molecule has 0 radical (unpaired) electrons. The number of carbonyl (C=O) groups excluding carboxylic acids is 1. The number of hydrogen-bond acceptors (Lipinski definition) is 8. The summed E-state index contributed by atoms with van der Waals surface area (Å²) in [6, 6.07) is 7.72. The summed E-state index contributed by atoms with van der Waals surface area (Å²) in [4.78, 5) is 27.0. The summed E-state index contributed by atoms with van der Waals surface area (Å²) in [5.74, 6) is 1.83. The molecule has 0 saturated heterocycles. The molecular weight excluding hydrogens is 432 g/mol. The van der Waals surface area contributed by atoms with Crippen molar-refractivity contribution in [1.29, 1.82) is 0 Å². The van der Waals surface area contributed by atoms with Crippen molar-refractivity contribution in [3.05, 3.63) is 60.4 Å². The second kappa shape index (κ2) is 8.36. The topological polar surface area (TPSA) is 129 Å². The van der Waals surface area contributed by atoms with Gasteiger partial charge in [0.2, 0.25) is 5.91 Å². The van der Waals surface area contributed by atoms with Crippen LogP contribution in [0.4, 0.5) is 5.82 Å². The van der Waals surface area contributed by atoms with E-state index in [0.717, 1.165) is 29.7 Å². The first-order valence-corrected chi connectivity index (χ1v) is 11.1. The maximum atomic E-state index is 12.0. The highest BCUT2D eigenvalue weighted by atomic mass is 16.5. The average molecular weight is 459 g/mol. The van der Waals surface area contributed by atoms with Gasteiger partial charge in [-0.3, -0.25) is 14.5 Å². The Morgan fingerprint density at radius 3 is 2.62 bits per heavy atom. The van der Waals surface area contributed by atoms with Crippen LogP contribution in [0, 0.1) is 5.92 Å². The Morgan fingerprint density at radius 1 is 1.15 bits per heavy atom. The van der Waals surface area contributed by atoms with Crippen LogP contribution >= 0.6 is 0 Å². The van der Waals surface area contributed by atoms with Gasteiger partial charge in [-0.15, -0.1) is 0 Å². The van der Waals surface area contributed by atoms with Crippen molar-refractivity contribution in [3.8, 4) is 22.7 Å². The minimum Gasteiger partial charge on any atom is -0.384 e. The highest BCUT2D eigenvalue weighted by Gasteiger charge is 2.47. The lowest BCUT2D eigenvalue weighted by molar-refractivity contribution is -0.129. The third kappa shape index (κ3) is 4.02. The molecule has 1 aliphatic rings. The quantitative estimate of drug-likeness (QED) is 0.448. The first-order chi connectivity index (χ1) is 16.3. The number of nitrogens with zero attached hydrogens (tertiary/aromatic N) is 7. The zero-order valence-electron chi connectivity index (χ0n) is 19.3. The second-order valence-electron chi connectivity index (χ2n) is 9.02. The van der Waals surface area contributed by atoms with E-state index < -0.39 is 5.41 Å². The summed E-state index contributed by atoms with van der Waals surface area (Å²) < 4.78 is 7.18. The molecule has 1 saturated carbocycles. The van der Waals surface area contributed by atoms with Crippen molar-refractivity contribution in [1.82, 2.24) is 34.8 Å². The van der Waals surface area contributed by atoms with Crippen molar-refractivity contribution in [3.63, 3.8) is 0 Å². The summed E-state index contributed by atoms with van der Waals surface area (Å²) in [7, 11) is 3.42. The maximum Gasteiger partial charge on any atom is 0.261 e. The number of aromatic nitrogens is 6. The van der Waals surface area contributed by atoms with E-state index in [0.29, 0.717) is 29.0 Å². The Bertz CT molecular complexity index is 1310. The number of amides is 1. The molecule has 34 heavy (non-hydrogen) atoms. The van der Waals surface area contributed by atoms with Gasteiger partial charge in [0.25, 0.3) is 5.89 Å². The van der Waals surface area contributed by atoms with Crippen molar-refractivity contribution < 1.29 is 9.32 Å². The molecule has 2 N–H and O–H groups in total. The summed E-state index contributed by atoms with van der Waals surface area (Å²) in [6.45, 7) is 2.29. The third-order valence-corrected chi connectivity index (χ3v) is 6.41. The van der Waals surface area contributed by atoms with E-state index in [4.69, 9.17) is 15.2 Å². The van der Waals surface area contributed by atoms with E-state index in [1.165, 1.54) is 4.90 Å². The van der Waals surface area contributed by atoms with Gasteiger partial charge >= 0.3 is 0 Å². The monoisotopic (exact) mass is 458 g/mol. The number of pyridine rings is 2. The molecule has 0 spiro atoms. The Morgan fingerprint density at radius 2 is 1.97 bits per heavy atom. The number of likely N-dealkylation sites (N-methyl/N-ethyl adjacent to an activating group) is 1. The van der Waals surface area contributed by atoms with Crippen molar-refractivity contribution in [2.45, 2.75) is 31.7 Å². The summed E-state index contributed by atoms with van der Waals surface area (Å²) in [5.41, 5.74) is 8.69. The predicted octanol–water partition coefficient (Wildman–Crippen LogP) is 2.78. The summed E-state index contributed by atoms with van der Waals surface area (Å²) in [6.07, 6.45) is 9.15. The van der Waals surface area contributed by atoms with Gasteiger partial charge in [0.05, 0.1) is 22.9 Å². The molecule has 0 aromatic carbocycles. The van der Waals surface area contributed by atoms with E-state index >= 15 is 0 Å². The number of rotatable bonds is 7.